The first kappa shape index (κ1) is 23.0. The molecule has 1 aliphatic carbocycles. The van der Waals surface area contributed by atoms with Crippen LogP contribution in [0.2, 0.25) is 5.02 Å². The van der Waals surface area contributed by atoms with Crippen LogP contribution in [0.1, 0.15) is 44.2 Å². The normalized spacial score (nSPS) is 15.1. The highest BCUT2D eigenvalue weighted by Gasteiger charge is 2.17. The number of carbonyl (C=O) groups is 1. The molecule has 1 aromatic carbocycles. The molecule has 1 heterocycles. The standard InChI is InChI=1S/C20H27ClN4O3S2/c21-15-6-4-9-18(12-15)30(27,28)25-20-24-17(14-29-20)13-19(26)23-11-5-10-22-16-7-2-1-3-8-16/h4,6,9,12,14,16,22H,1-3,5,7-8,10-11,13H2,(H,23,26)(H,24,25). The summed E-state index contributed by atoms with van der Waals surface area (Å²) in [6.07, 6.45) is 7.45. The lowest BCUT2D eigenvalue weighted by Crippen LogP contribution is -2.34. The number of thiazole rings is 1. The van der Waals surface area contributed by atoms with Crippen LogP contribution in [0.5, 0.6) is 0 Å². The van der Waals surface area contributed by atoms with Crippen molar-refractivity contribution >= 4 is 44.0 Å². The maximum absolute atomic E-state index is 12.4. The summed E-state index contributed by atoms with van der Waals surface area (Å²) >= 11 is 7.00. The van der Waals surface area contributed by atoms with Crippen LogP contribution >= 0.6 is 22.9 Å². The van der Waals surface area contributed by atoms with Crippen LogP contribution in [0.3, 0.4) is 0 Å². The van der Waals surface area contributed by atoms with Crippen LogP contribution in [0.15, 0.2) is 34.5 Å². The molecule has 0 bridgehead atoms. The number of amides is 1. The molecule has 30 heavy (non-hydrogen) atoms. The summed E-state index contributed by atoms with van der Waals surface area (Å²) in [5.74, 6) is -0.123. The van der Waals surface area contributed by atoms with E-state index in [1.165, 1.54) is 44.2 Å². The Balaban J connectivity index is 1.39. The van der Waals surface area contributed by atoms with Crippen molar-refractivity contribution in [3.63, 3.8) is 0 Å². The zero-order valence-electron chi connectivity index (χ0n) is 16.7. The van der Waals surface area contributed by atoms with Crippen LogP contribution in [-0.4, -0.2) is 38.4 Å². The van der Waals surface area contributed by atoms with Crippen LogP contribution in [0.25, 0.3) is 0 Å². The van der Waals surface area contributed by atoms with Crippen molar-refractivity contribution in [2.24, 2.45) is 0 Å². The third kappa shape index (κ3) is 7.23. The molecule has 1 amide bonds. The molecule has 0 atom stereocenters. The predicted molar refractivity (Wildman–Crippen MR) is 121 cm³/mol. The van der Waals surface area contributed by atoms with E-state index in [4.69, 9.17) is 11.6 Å². The number of carbonyl (C=O) groups excluding carboxylic acids is 1. The number of nitrogens with one attached hydrogen (secondary N) is 3. The Morgan fingerprint density at radius 2 is 2.00 bits per heavy atom. The van der Waals surface area contributed by atoms with Gasteiger partial charge in [0.05, 0.1) is 17.0 Å². The highest BCUT2D eigenvalue weighted by molar-refractivity contribution is 7.93. The SMILES string of the molecule is O=C(Cc1csc(NS(=O)(=O)c2cccc(Cl)c2)n1)NCCCNC1CCCCC1. The highest BCUT2D eigenvalue weighted by Crippen LogP contribution is 2.22. The van der Waals surface area contributed by atoms with Gasteiger partial charge in [-0.15, -0.1) is 11.3 Å². The van der Waals surface area contributed by atoms with E-state index in [0.717, 1.165) is 24.3 Å². The molecule has 7 nitrogen and oxygen atoms in total. The first-order valence-corrected chi connectivity index (χ1v) is 12.9. The summed E-state index contributed by atoms with van der Waals surface area (Å²) in [6.45, 7) is 1.51. The zero-order valence-corrected chi connectivity index (χ0v) is 19.1. The Hall–Kier alpha value is -1.68. The number of anilines is 1. The molecule has 164 valence electrons. The number of hydrogen-bond donors (Lipinski definition) is 3. The van der Waals surface area contributed by atoms with Crippen molar-refractivity contribution in [1.29, 1.82) is 0 Å². The number of nitrogens with zero attached hydrogens (tertiary/aromatic N) is 1. The molecular formula is C20H27ClN4O3S2. The van der Waals surface area contributed by atoms with Gasteiger partial charge in [-0.25, -0.2) is 13.4 Å². The monoisotopic (exact) mass is 470 g/mol. The van der Waals surface area contributed by atoms with E-state index in [1.54, 1.807) is 17.5 Å². The van der Waals surface area contributed by atoms with Gasteiger partial charge in [0.1, 0.15) is 0 Å². The fourth-order valence-electron chi connectivity index (χ4n) is 3.40. The largest absolute Gasteiger partial charge is 0.356 e. The summed E-state index contributed by atoms with van der Waals surface area (Å²) < 4.78 is 27.3. The molecule has 1 saturated carbocycles. The van der Waals surface area contributed by atoms with Crippen molar-refractivity contribution in [1.82, 2.24) is 15.6 Å². The van der Waals surface area contributed by atoms with E-state index in [9.17, 15) is 13.2 Å². The maximum atomic E-state index is 12.4. The first-order valence-electron chi connectivity index (χ1n) is 10.2. The quantitative estimate of drug-likeness (QED) is 0.461. The second kappa shape index (κ2) is 11.1. The number of halogens is 1. The van der Waals surface area contributed by atoms with Crippen molar-refractivity contribution < 1.29 is 13.2 Å². The second-order valence-corrected chi connectivity index (χ2v) is 10.4. The molecule has 1 aromatic heterocycles. The van der Waals surface area contributed by atoms with Crippen LogP contribution in [-0.2, 0) is 21.2 Å². The molecule has 0 spiro atoms. The molecule has 0 unspecified atom stereocenters. The van der Waals surface area contributed by atoms with Crippen LogP contribution in [0, 0.1) is 0 Å². The predicted octanol–water partition coefficient (Wildman–Crippen LogP) is 3.57. The molecule has 1 aliphatic rings. The minimum Gasteiger partial charge on any atom is -0.356 e. The maximum Gasteiger partial charge on any atom is 0.263 e. The van der Waals surface area contributed by atoms with Crippen molar-refractivity contribution in [3.05, 3.63) is 40.4 Å². The van der Waals surface area contributed by atoms with E-state index in [1.807, 2.05) is 0 Å². The Labute approximate surface area is 186 Å². The van der Waals surface area contributed by atoms with Gasteiger partial charge in [-0.2, -0.15) is 0 Å². The fourth-order valence-corrected chi connectivity index (χ4v) is 5.66. The van der Waals surface area contributed by atoms with Crippen molar-refractivity contribution in [2.45, 2.75) is 55.9 Å². The minimum atomic E-state index is -3.77. The first-order chi connectivity index (χ1) is 14.4. The molecule has 0 aliphatic heterocycles. The smallest absolute Gasteiger partial charge is 0.263 e. The van der Waals surface area contributed by atoms with Gasteiger partial charge in [-0.05, 0) is 44.0 Å². The second-order valence-electron chi connectivity index (χ2n) is 7.38. The van der Waals surface area contributed by atoms with Crippen LogP contribution < -0.4 is 15.4 Å². The summed E-state index contributed by atoms with van der Waals surface area (Å²) in [7, 11) is -3.77. The molecule has 10 heteroatoms. The summed E-state index contributed by atoms with van der Waals surface area (Å²) in [5, 5.41) is 8.68. The Morgan fingerprint density at radius 3 is 2.77 bits per heavy atom. The third-order valence-electron chi connectivity index (χ3n) is 4.94. The number of aromatic nitrogens is 1. The Kier molecular flexibility index (Phi) is 8.50. The molecule has 1 fully saturated rings. The molecule has 3 rings (SSSR count). The average molecular weight is 471 g/mol. The van der Waals surface area contributed by atoms with E-state index in [2.05, 4.69) is 20.3 Å². The topological polar surface area (TPSA) is 100 Å². The molecular weight excluding hydrogens is 444 g/mol. The number of rotatable bonds is 10. The fraction of sp³-hybridized carbons (Fsp3) is 0.500. The van der Waals surface area contributed by atoms with Crippen molar-refractivity contribution in [2.75, 3.05) is 17.8 Å². The van der Waals surface area contributed by atoms with Gasteiger partial charge in [-0.3, -0.25) is 9.52 Å². The number of sulfonamides is 1. The number of benzene rings is 1. The van der Waals surface area contributed by atoms with E-state index >= 15 is 0 Å². The summed E-state index contributed by atoms with van der Waals surface area (Å²) in [5.41, 5.74) is 0.529. The lowest BCUT2D eigenvalue weighted by molar-refractivity contribution is -0.120. The Morgan fingerprint density at radius 1 is 1.20 bits per heavy atom. The van der Waals surface area contributed by atoms with Gasteiger partial charge in [0.2, 0.25) is 5.91 Å². The van der Waals surface area contributed by atoms with Gasteiger partial charge in [0.15, 0.2) is 5.13 Å². The summed E-state index contributed by atoms with van der Waals surface area (Å²) in [4.78, 5) is 16.4. The summed E-state index contributed by atoms with van der Waals surface area (Å²) in [6, 6.07) is 6.62. The van der Waals surface area contributed by atoms with E-state index in [-0.39, 0.29) is 22.4 Å². The highest BCUT2D eigenvalue weighted by atomic mass is 35.5. The van der Waals surface area contributed by atoms with Gasteiger partial charge in [0.25, 0.3) is 10.0 Å². The number of hydrogen-bond acceptors (Lipinski definition) is 6. The molecule has 2 aromatic rings. The lowest BCUT2D eigenvalue weighted by Gasteiger charge is -2.22. The van der Waals surface area contributed by atoms with Gasteiger partial charge >= 0.3 is 0 Å². The Bertz CT molecular complexity index is 943. The molecule has 3 N–H and O–H groups in total. The lowest BCUT2D eigenvalue weighted by atomic mass is 9.95. The third-order valence-corrected chi connectivity index (χ3v) is 7.44. The molecule has 0 radical (unpaired) electrons. The van der Waals surface area contributed by atoms with Gasteiger partial charge in [0, 0.05) is 23.0 Å². The zero-order chi connectivity index (χ0) is 21.4. The van der Waals surface area contributed by atoms with E-state index in [0.29, 0.717) is 23.3 Å². The van der Waals surface area contributed by atoms with Gasteiger partial charge < -0.3 is 10.6 Å². The van der Waals surface area contributed by atoms with Crippen LogP contribution in [0.4, 0.5) is 5.13 Å². The average Bonchev–Trinajstić information content (AvgIpc) is 3.14. The molecule has 0 saturated heterocycles. The van der Waals surface area contributed by atoms with Gasteiger partial charge in [-0.1, -0.05) is 36.9 Å². The minimum absolute atomic E-state index is 0.0614. The van der Waals surface area contributed by atoms with Crippen molar-refractivity contribution in [3.8, 4) is 0 Å². The van der Waals surface area contributed by atoms with E-state index < -0.39 is 10.0 Å².